The highest BCUT2D eigenvalue weighted by molar-refractivity contribution is 5.74. The highest BCUT2D eigenvalue weighted by Crippen LogP contribution is 2.42. The van der Waals surface area contributed by atoms with Gasteiger partial charge in [0, 0.05) is 0 Å². The Morgan fingerprint density at radius 2 is 1.14 bits per heavy atom. The van der Waals surface area contributed by atoms with E-state index in [0.717, 1.165) is 12.8 Å². The van der Waals surface area contributed by atoms with E-state index in [1.54, 1.807) is 0 Å². The normalized spacial score (nSPS) is 12.6. The Labute approximate surface area is 132 Å². The van der Waals surface area contributed by atoms with Crippen molar-refractivity contribution in [2.45, 2.75) is 105 Å². The summed E-state index contributed by atoms with van der Waals surface area (Å²) >= 11 is 0. The number of carboxylic acid groups (broad SMARTS) is 1. The maximum Gasteiger partial charge on any atom is 0.309 e. The molecule has 0 spiro atoms. The van der Waals surface area contributed by atoms with Crippen LogP contribution >= 0.6 is 0 Å². The summed E-state index contributed by atoms with van der Waals surface area (Å²) < 4.78 is 0. The molecule has 0 aromatic carbocycles. The predicted octanol–water partition coefficient (Wildman–Crippen LogP) is 6.43. The first kappa shape index (κ1) is 20.5. The number of aliphatic carboxylic acids is 1. The van der Waals surface area contributed by atoms with Gasteiger partial charge in [0.2, 0.25) is 0 Å². The lowest BCUT2D eigenvalue weighted by Crippen LogP contribution is -2.39. The Kier molecular flexibility index (Phi) is 9.98. The molecule has 0 aliphatic rings. The van der Waals surface area contributed by atoms with Crippen LogP contribution in [0.15, 0.2) is 0 Å². The Hall–Kier alpha value is -0.530. The zero-order valence-corrected chi connectivity index (χ0v) is 15.1. The fourth-order valence-electron chi connectivity index (χ4n) is 2.66. The van der Waals surface area contributed by atoms with Gasteiger partial charge in [-0.15, -0.1) is 0 Å². The lowest BCUT2D eigenvalue weighted by Gasteiger charge is -2.38. The molecule has 0 saturated carbocycles. The second kappa shape index (κ2) is 10.2. The van der Waals surface area contributed by atoms with Gasteiger partial charge in [-0.25, -0.2) is 0 Å². The van der Waals surface area contributed by atoms with E-state index in [9.17, 15) is 9.90 Å². The van der Waals surface area contributed by atoms with E-state index in [4.69, 9.17) is 0 Å². The molecule has 0 heterocycles. The minimum absolute atomic E-state index is 0.140. The first-order chi connectivity index (χ1) is 9.75. The van der Waals surface area contributed by atoms with Crippen LogP contribution in [0, 0.1) is 10.8 Å². The van der Waals surface area contributed by atoms with Gasteiger partial charge in [-0.05, 0) is 25.7 Å². The van der Waals surface area contributed by atoms with Gasteiger partial charge in [-0.3, -0.25) is 4.79 Å². The minimum Gasteiger partial charge on any atom is -0.481 e. The largest absolute Gasteiger partial charge is 0.481 e. The predicted molar refractivity (Wildman–Crippen MR) is 91.7 cm³/mol. The molecule has 0 aromatic rings. The third-order valence-electron chi connectivity index (χ3n) is 5.38. The quantitative estimate of drug-likeness (QED) is 0.397. The molecular formula is C19H38O2. The van der Waals surface area contributed by atoms with E-state index in [0.29, 0.717) is 0 Å². The number of unbranched alkanes of at least 4 members (excludes halogenated alkanes) is 9. The smallest absolute Gasteiger partial charge is 0.309 e. The lowest BCUT2D eigenvalue weighted by molar-refractivity contribution is -0.154. The van der Waals surface area contributed by atoms with Gasteiger partial charge in [0.1, 0.15) is 0 Å². The fraction of sp³-hybridized carbons (Fsp3) is 0.947. The van der Waals surface area contributed by atoms with Crippen LogP contribution < -0.4 is 0 Å². The van der Waals surface area contributed by atoms with E-state index in [-0.39, 0.29) is 5.41 Å². The highest BCUT2D eigenvalue weighted by Gasteiger charge is 2.42. The lowest BCUT2D eigenvalue weighted by atomic mass is 9.65. The van der Waals surface area contributed by atoms with Crippen molar-refractivity contribution in [1.82, 2.24) is 0 Å². The molecule has 0 saturated heterocycles. The summed E-state index contributed by atoms with van der Waals surface area (Å²) in [4.78, 5) is 11.3. The van der Waals surface area contributed by atoms with Gasteiger partial charge in [0.25, 0.3) is 0 Å². The molecule has 2 nitrogen and oxygen atoms in total. The van der Waals surface area contributed by atoms with E-state index in [2.05, 4.69) is 20.8 Å². The van der Waals surface area contributed by atoms with E-state index >= 15 is 0 Å². The molecule has 126 valence electrons. The molecule has 0 radical (unpaired) electrons. The molecule has 21 heavy (non-hydrogen) atoms. The second-order valence-corrected chi connectivity index (χ2v) is 7.75. The van der Waals surface area contributed by atoms with Crippen molar-refractivity contribution < 1.29 is 9.90 Å². The monoisotopic (exact) mass is 298 g/mol. The summed E-state index contributed by atoms with van der Waals surface area (Å²) in [5.74, 6) is -0.681. The maximum absolute atomic E-state index is 11.3. The SMILES string of the molecule is CCCCCCCCCCCCC(C)(C)C(C)(C)C(=O)O. The van der Waals surface area contributed by atoms with E-state index < -0.39 is 11.4 Å². The minimum atomic E-state index is -0.681. The molecule has 1 N–H and O–H groups in total. The molecule has 2 heteroatoms. The third kappa shape index (κ3) is 7.87. The van der Waals surface area contributed by atoms with E-state index in [1.807, 2.05) is 13.8 Å². The Bertz CT molecular complexity index is 279. The molecule has 0 bridgehead atoms. The molecule has 0 rings (SSSR count). The molecule has 0 aliphatic carbocycles. The molecule has 0 amide bonds. The first-order valence-electron chi connectivity index (χ1n) is 8.99. The van der Waals surface area contributed by atoms with Crippen molar-refractivity contribution in [3.8, 4) is 0 Å². The first-order valence-corrected chi connectivity index (χ1v) is 8.99. The van der Waals surface area contributed by atoms with E-state index in [1.165, 1.54) is 57.8 Å². The number of hydrogen-bond donors (Lipinski definition) is 1. The van der Waals surface area contributed by atoms with Crippen molar-refractivity contribution in [2.75, 3.05) is 0 Å². The van der Waals surface area contributed by atoms with Crippen molar-refractivity contribution >= 4 is 5.97 Å². The summed E-state index contributed by atoms with van der Waals surface area (Å²) in [7, 11) is 0. The summed E-state index contributed by atoms with van der Waals surface area (Å²) in [6, 6.07) is 0. The average Bonchev–Trinajstić information content (AvgIpc) is 2.40. The van der Waals surface area contributed by atoms with Crippen molar-refractivity contribution in [3.05, 3.63) is 0 Å². The van der Waals surface area contributed by atoms with Crippen LogP contribution in [0.2, 0.25) is 0 Å². The topological polar surface area (TPSA) is 37.3 Å². The van der Waals surface area contributed by atoms with Crippen LogP contribution in [0.1, 0.15) is 105 Å². The average molecular weight is 299 g/mol. The van der Waals surface area contributed by atoms with Crippen molar-refractivity contribution in [3.63, 3.8) is 0 Å². The molecule has 0 aromatic heterocycles. The van der Waals surface area contributed by atoms with Gasteiger partial charge in [-0.2, -0.15) is 0 Å². The second-order valence-electron chi connectivity index (χ2n) is 7.75. The van der Waals surface area contributed by atoms with Gasteiger partial charge >= 0.3 is 5.97 Å². The van der Waals surface area contributed by atoms with Crippen LogP contribution in [0.3, 0.4) is 0 Å². The highest BCUT2D eigenvalue weighted by atomic mass is 16.4. The van der Waals surface area contributed by atoms with Crippen LogP contribution in [-0.4, -0.2) is 11.1 Å². The zero-order valence-electron chi connectivity index (χ0n) is 15.1. The standard InChI is InChI=1S/C19H38O2/c1-6-7-8-9-10-11-12-13-14-15-16-18(2,3)19(4,5)17(20)21/h6-16H2,1-5H3,(H,20,21). The van der Waals surface area contributed by atoms with Crippen molar-refractivity contribution in [2.24, 2.45) is 10.8 Å². The van der Waals surface area contributed by atoms with Crippen LogP contribution in [0.4, 0.5) is 0 Å². The summed E-state index contributed by atoms with van der Waals surface area (Å²) in [5, 5.41) is 9.34. The van der Waals surface area contributed by atoms with Gasteiger partial charge < -0.3 is 5.11 Å². The maximum atomic E-state index is 11.3. The van der Waals surface area contributed by atoms with Crippen LogP contribution in [0.5, 0.6) is 0 Å². The number of rotatable bonds is 13. The molecule has 0 atom stereocenters. The molecule has 0 aliphatic heterocycles. The number of carboxylic acids is 1. The zero-order chi connectivity index (χ0) is 16.4. The summed E-state index contributed by atoms with van der Waals surface area (Å²) in [6.07, 6.45) is 14.3. The Balaban J connectivity index is 3.65. The summed E-state index contributed by atoms with van der Waals surface area (Å²) in [6.45, 7) is 10.1. The van der Waals surface area contributed by atoms with Crippen LogP contribution in [-0.2, 0) is 4.79 Å². The van der Waals surface area contributed by atoms with Gasteiger partial charge in [0.15, 0.2) is 0 Å². The van der Waals surface area contributed by atoms with Crippen molar-refractivity contribution in [1.29, 1.82) is 0 Å². The molecule has 0 unspecified atom stereocenters. The Morgan fingerprint density at radius 1 is 0.762 bits per heavy atom. The van der Waals surface area contributed by atoms with Gasteiger partial charge in [-0.1, -0.05) is 85.0 Å². The van der Waals surface area contributed by atoms with Crippen LogP contribution in [0.25, 0.3) is 0 Å². The molecule has 0 fully saturated rings. The Morgan fingerprint density at radius 3 is 1.52 bits per heavy atom. The summed E-state index contributed by atoms with van der Waals surface area (Å²) in [5.41, 5.74) is -0.786. The van der Waals surface area contributed by atoms with Gasteiger partial charge in [0.05, 0.1) is 5.41 Å². The third-order valence-corrected chi connectivity index (χ3v) is 5.38. The molecular weight excluding hydrogens is 260 g/mol. The number of hydrogen-bond acceptors (Lipinski definition) is 1. The fourth-order valence-corrected chi connectivity index (χ4v) is 2.66. The number of carbonyl (C=O) groups is 1.